The highest BCUT2D eigenvalue weighted by molar-refractivity contribution is 7.90. The Morgan fingerprint density at radius 1 is 1.24 bits per heavy atom. The minimum atomic E-state index is -3.92. The molecule has 0 aliphatic carbocycles. The highest BCUT2D eigenvalue weighted by atomic mass is 32.2. The van der Waals surface area contributed by atoms with Crippen molar-refractivity contribution in [3.05, 3.63) is 29.8 Å². The van der Waals surface area contributed by atoms with Crippen LogP contribution in [0.5, 0.6) is 0 Å². The van der Waals surface area contributed by atoms with Crippen LogP contribution in [0, 0.1) is 5.92 Å². The molecule has 6 nitrogen and oxygen atoms in total. The minimum absolute atomic E-state index is 0.0419. The van der Waals surface area contributed by atoms with E-state index < -0.39 is 28.4 Å². The number of sulfonamides is 1. The molecule has 0 bridgehead atoms. The van der Waals surface area contributed by atoms with Crippen molar-refractivity contribution in [3.63, 3.8) is 0 Å². The lowest BCUT2D eigenvalue weighted by Gasteiger charge is -2.20. The monoisotopic (exact) mass is 310 g/mol. The second kappa shape index (κ2) is 5.48. The van der Waals surface area contributed by atoms with Gasteiger partial charge in [-0.3, -0.25) is 9.59 Å². The average molecular weight is 310 g/mol. The predicted molar refractivity (Wildman–Crippen MR) is 77.1 cm³/mol. The summed E-state index contributed by atoms with van der Waals surface area (Å²) in [5, 5.41) is 2.69. The first kappa shape index (κ1) is 15.5. The first-order valence-electron chi connectivity index (χ1n) is 6.70. The zero-order valence-electron chi connectivity index (χ0n) is 12.2. The van der Waals surface area contributed by atoms with Gasteiger partial charge in [0, 0.05) is 6.04 Å². The number of benzene rings is 1. The Balaban J connectivity index is 2.20. The third-order valence-electron chi connectivity index (χ3n) is 3.59. The highest BCUT2D eigenvalue weighted by Gasteiger charge is 2.41. The number of fused-ring (bicyclic) bond motifs is 1. The van der Waals surface area contributed by atoms with Gasteiger partial charge in [0.1, 0.15) is 11.4 Å². The van der Waals surface area contributed by atoms with E-state index in [0.717, 1.165) is 0 Å². The van der Waals surface area contributed by atoms with Gasteiger partial charge in [0.2, 0.25) is 5.91 Å². The lowest BCUT2D eigenvalue weighted by molar-refractivity contribution is -0.121. The molecular weight excluding hydrogens is 292 g/mol. The average Bonchev–Trinajstić information content (AvgIpc) is 2.60. The number of carbonyl (C=O) groups excluding carboxylic acids is 2. The molecule has 1 aromatic rings. The van der Waals surface area contributed by atoms with Crippen LogP contribution in [0.3, 0.4) is 0 Å². The van der Waals surface area contributed by atoms with Crippen LogP contribution in [0.1, 0.15) is 31.1 Å². The smallest absolute Gasteiger partial charge is 0.269 e. The van der Waals surface area contributed by atoms with Crippen LogP contribution in [0.4, 0.5) is 0 Å². The molecule has 0 radical (unpaired) electrons. The molecule has 1 N–H and O–H groups in total. The normalized spacial score (nSPS) is 17.7. The van der Waals surface area contributed by atoms with Gasteiger partial charge in [-0.25, -0.2) is 12.7 Å². The highest BCUT2D eigenvalue weighted by Crippen LogP contribution is 2.29. The van der Waals surface area contributed by atoms with Crippen molar-refractivity contribution in [2.75, 3.05) is 6.54 Å². The Morgan fingerprint density at radius 2 is 1.86 bits per heavy atom. The van der Waals surface area contributed by atoms with E-state index in [0.29, 0.717) is 4.31 Å². The van der Waals surface area contributed by atoms with Crippen molar-refractivity contribution in [1.29, 1.82) is 0 Å². The van der Waals surface area contributed by atoms with Gasteiger partial charge in [-0.15, -0.1) is 0 Å². The van der Waals surface area contributed by atoms with Crippen LogP contribution < -0.4 is 5.32 Å². The van der Waals surface area contributed by atoms with Gasteiger partial charge in [-0.05, 0) is 25.0 Å². The van der Waals surface area contributed by atoms with Crippen molar-refractivity contribution in [3.8, 4) is 0 Å². The van der Waals surface area contributed by atoms with E-state index in [1.165, 1.54) is 12.1 Å². The molecule has 0 saturated carbocycles. The van der Waals surface area contributed by atoms with Gasteiger partial charge in [-0.2, -0.15) is 0 Å². The summed E-state index contributed by atoms with van der Waals surface area (Å²) in [4.78, 5) is 24.0. The number of nitrogens with one attached hydrogen (secondary N) is 1. The van der Waals surface area contributed by atoms with E-state index in [1.807, 2.05) is 20.8 Å². The molecule has 2 amide bonds. The van der Waals surface area contributed by atoms with Gasteiger partial charge >= 0.3 is 0 Å². The molecule has 1 unspecified atom stereocenters. The van der Waals surface area contributed by atoms with Crippen molar-refractivity contribution < 1.29 is 18.0 Å². The summed E-state index contributed by atoms with van der Waals surface area (Å²) >= 11 is 0. The Labute approximate surface area is 124 Å². The third kappa shape index (κ3) is 2.78. The Kier molecular flexibility index (Phi) is 4.04. The van der Waals surface area contributed by atoms with Gasteiger partial charge < -0.3 is 5.32 Å². The number of amides is 2. The molecule has 1 atom stereocenters. The van der Waals surface area contributed by atoms with Crippen LogP contribution in [0.2, 0.25) is 0 Å². The third-order valence-corrected chi connectivity index (χ3v) is 5.37. The molecule has 1 heterocycles. The maximum atomic E-state index is 12.3. The molecule has 114 valence electrons. The molecule has 21 heavy (non-hydrogen) atoms. The molecule has 0 spiro atoms. The number of hydrogen-bond acceptors (Lipinski definition) is 4. The van der Waals surface area contributed by atoms with E-state index in [2.05, 4.69) is 5.32 Å². The first-order chi connectivity index (χ1) is 9.75. The molecule has 2 rings (SSSR count). The lowest BCUT2D eigenvalue weighted by atomic mass is 10.1. The van der Waals surface area contributed by atoms with Gasteiger partial charge in [0.25, 0.3) is 15.9 Å². The van der Waals surface area contributed by atoms with Crippen LogP contribution in [0.25, 0.3) is 0 Å². The summed E-state index contributed by atoms with van der Waals surface area (Å²) < 4.78 is 25.2. The summed E-state index contributed by atoms with van der Waals surface area (Å²) in [5.74, 6) is -0.920. The van der Waals surface area contributed by atoms with Gasteiger partial charge in [-0.1, -0.05) is 26.0 Å². The Morgan fingerprint density at radius 3 is 2.43 bits per heavy atom. The van der Waals surface area contributed by atoms with E-state index >= 15 is 0 Å². The van der Waals surface area contributed by atoms with E-state index in [9.17, 15) is 18.0 Å². The van der Waals surface area contributed by atoms with Crippen molar-refractivity contribution in [2.24, 2.45) is 5.92 Å². The molecule has 0 saturated heterocycles. The fourth-order valence-corrected chi connectivity index (χ4v) is 3.51. The zero-order chi connectivity index (χ0) is 15.8. The summed E-state index contributed by atoms with van der Waals surface area (Å²) in [7, 11) is -3.92. The minimum Gasteiger partial charge on any atom is -0.352 e. The van der Waals surface area contributed by atoms with Gasteiger partial charge in [0.15, 0.2) is 0 Å². The van der Waals surface area contributed by atoms with Gasteiger partial charge in [0.05, 0.1) is 5.56 Å². The number of nitrogens with zero attached hydrogens (tertiary/aromatic N) is 1. The zero-order valence-corrected chi connectivity index (χ0v) is 13.0. The molecule has 1 aliphatic rings. The van der Waals surface area contributed by atoms with E-state index in [-0.39, 0.29) is 22.4 Å². The van der Waals surface area contributed by atoms with E-state index in [4.69, 9.17) is 0 Å². The predicted octanol–water partition coefficient (Wildman–Crippen LogP) is 0.992. The maximum Gasteiger partial charge on any atom is 0.269 e. The SMILES string of the molecule is CC(C)C(C)NC(=O)CN1C(=O)c2ccccc2S1(=O)=O. The maximum absolute atomic E-state index is 12.3. The molecule has 1 aromatic carbocycles. The molecule has 7 heteroatoms. The molecule has 1 aliphatic heterocycles. The van der Waals surface area contributed by atoms with Crippen molar-refractivity contribution in [1.82, 2.24) is 9.62 Å². The summed E-state index contributed by atoms with van der Waals surface area (Å²) in [6.45, 7) is 5.22. The lowest BCUT2D eigenvalue weighted by Crippen LogP contribution is -2.44. The first-order valence-corrected chi connectivity index (χ1v) is 8.14. The van der Waals surface area contributed by atoms with Crippen LogP contribution >= 0.6 is 0 Å². The second-order valence-electron chi connectivity index (χ2n) is 5.41. The number of hydrogen-bond donors (Lipinski definition) is 1. The van der Waals surface area contributed by atoms with E-state index in [1.54, 1.807) is 12.1 Å². The standard InChI is InChI=1S/C14H18N2O4S/c1-9(2)10(3)15-13(17)8-16-14(18)11-6-4-5-7-12(11)21(16,19)20/h4-7,9-10H,8H2,1-3H3,(H,15,17). The molecule has 0 aromatic heterocycles. The fraction of sp³-hybridized carbons (Fsp3) is 0.429. The quantitative estimate of drug-likeness (QED) is 0.899. The summed E-state index contributed by atoms with van der Waals surface area (Å²) in [6, 6.07) is 5.87. The van der Waals surface area contributed by atoms with Crippen LogP contribution in [0.15, 0.2) is 29.2 Å². The van der Waals surface area contributed by atoms with Crippen molar-refractivity contribution in [2.45, 2.75) is 31.7 Å². The summed E-state index contributed by atoms with van der Waals surface area (Å²) in [5.41, 5.74) is 0.113. The Bertz CT molecular complexity index is 682. The second-order valence-corrected chi connectivity index (χ2v) is 7.24. The van der Waals surface area contributed by atoms with Crippen LogP contribution in [-0.2, 0) is 14.8 Å². The number of carbonyl (C=O) groups is 2. The Hall–Kier alpha value is -1.89. The largest absolute Gasteiger partial charge is 0.352 e. The topological polar surface area (TPSA) is 83.6 Å². The summed E-state index contributed by atoms with van der Waals surface area (Å²) in [6.07, 6.45) is 0. The molecular formula is C14H18N2O4S. The fourth-order valence-electron chi connectivity index (χ4n) is 1.98. The number of rotatable bonds is 4. The van der Waals surface area contributed by atoms with Crippen molar-refractivity contribution >= 4 is 21.8 Å². The molecule has 0 fully saturated rings. The van der Waals surface area contributed by atoms with Crippen LogP contribution in [-0.4, -0.2) is 37.1 Å².